The van der Waals surface area contributed by atoms with Crippen molar-refractivity contribution >= 4 is 40.5 Å². The van der Waals surface area contributed by atoms with Gasteiger partial charge in [-0.2, -0.15) is 0 Å². The lowest BCUT2D eigenvalue weighted by Crippen LogP contribution is -2.62. The van der Waals surface area contributed by atoms with Gasteiger partial charge in [-0.25, -0.2) is 5.43 Å². The van der Waals surface area contributed by atoms with Crippen LogP contribution in [-0.2, 0) is 59.4 Å². The van der Waals surface area contributed by atoms with E-state index in [0.29, 0.717) is 49.1 Å². The van der Waals surface area contributed by atoms with Crippen LogP contribution in [0.5, 0.6) is 5.75 Å². The number of esters is 1. The lowest BCUT2D eigenvalue weighted by molar-refractivity contribution is -0.155. The molecule has 0 saturated carbocycles. The zero-order chi connectivity index (χ0) is 47.8. The highest BCUT2D eigenvalue weighted by Crippen LogP contribution is 2.41. The number of hydrogen-bond acceptors (Lipinski definition) is 11. The van der Waals surface area contributed by atoms with Gasteiger partial charge in [0, 0.05) is 80.5 Å². The Kier molecular flexibility index (Phi) is 13.8. The molecule has 5 heterocycles. The largest absolute Gasteiger partial charge is 0.508 e. The summed E-state index contributed by atoms with van der Waals surface area (Å²) >= 11 is 0. The summed E-state index contributed by atoms with van der Waals surface area (Å²) in [5.41, 5.74) is 9.54. The van der Waals surface area contributed by atoms with Crippen molar-refractivity contribution in [3.63, 3.8) is 0 Å². The maximum Gasteiger partial charge on any atom is 0.324 e. The van der Waals surface area contributed by atoms with Crippen LogP contribution in [0, 0.1) is 5.41 Å². The number of methoxy groups -OCH3 is 1. The van der Waals surface area contributed by atoms with Crippen LogP contribution in [0.25, 0.3) is 33.3 Å². The highest BCUT2D eigenvalue weighted by atomic mass is 16.5. The number of aryl methyl sites for hydroxylation is 1. The number of pyridine rings is 1. The van der Waals surface area contributed by atoms with E-state index in [1.165, 1.54) is 28.9 Å². The predicted octanol–water partition coefficient (Wildman–Crippen LogP) is 4.50. The first-order valence-corrected chi connectivity index (χ1v) is 22.6. The molecule has 2 fully saturated rings. The van der Waals surface area contributed by atoms with Crippen LogP contribution in [0.1, 0.15) is 71.1 Å². The minimum absolute atomic E-state index is 0.0326. The number of aromatic hydroxyl groups is 1. The summed E-state index contributed by atoms with van der Waals surface area (Å²) < 4.78 is 14.0. The molecule has 2 aromatic carbocycles. The molecule has 6 bridgehead atoms. The standard InChI is InChI=1S/C50H64N8O8/c1-11-57-40-15-14-31-23-35(40)36(43(57)37-25-51-17-16-32(37)27-65-10)24-49(4,5)28-66-48(64)38-13-12-18-58(54-38)46(62)39(21-30-19-33(31)22-34(59)20-30)52-45(61)42(29(2)3)56(9)41(60)26-55(8)47(63)44-50(6,7)53-44/h14-17,19-20,22-23,25,38-39,42,44,53-54,59H,2,11-13,18,21,24,26-28H2,1,3-10H3,(H,52,61)/t38-,39-,42-,44-/m0/s1. The average Bonchev–Trinajstić information content (AvgIpc) is 3.81. The van der Waals surface area contributed by atoms with E-state index in [4.69, 9.17) is 9.47 Å². The molecule has 4 aromatic rings. The second-order valence-electron chi connectivity index (χ2n) is 19.4. The highest BCUT2D eigenvalue weighted by Gasteiger charge is 2.51. The van der Waals surface area contributed by atoms with Gasteiger partial charge < -0.3 is 34.3 Å². The molecule has 3 aliphatic rings. The third-order valence-electron chi connectivity index (χ3n) is 13.0. The molecule has 2 saturated heterocycles. The SMILES string of the molecule is C=C(C)[C@@H](C(=O)N[C@H]1Cc2cc(O)cc(c2)-c2ccc3c(c2)c(c(-c2cnccc2COC)n3CC)CC(C)(C)COC(=O)[C@@H]2CCCN(N2)C1=O)N(C)C(=O)CN(C)C(=O)[C@@H]1NC1(C)C. The topological polar surface area (TPSA) is 198 Å². The van der Waals surface area contributed by atoms with Crippen LogP contribution in [0.4, 0.5) is 0 Å². The zero-order valence-corrected chi connectivity index (χ0v) is 39.6. The fraction of sp³-hybridized carbons (Fsp3) is 0.480. The Labute approximate surface area is 386 Å². The lowest BCUT2D eigenvalue weighted by atomic mass is 9.84. The summed E-state index contributed by atoms with van der Waals surface area (Å²) in [5.74, 6) is -2.45. The predicted molar refractivity (Wildman–Crippen MR) is 251 cm³/mol. The fourth-order valence-corrected chi connectivity index (χ4v) is 9.37. The average molecular weight is 905 g/mol. The van der Waals surface area contributed by atoms with Crippen molar-refractivity contribution in [2.75, 3.05) is 40.9 Å². The lowest BCUT2D eigenvalue weighted by Gasteiger charge is -2.36. The van der Waals surface area contributed by atoms with Crippen LogP contribution >= 0.6 is 0 Å². The van der Waals surface area contributed by atoms with Gasteiger partial charge in [0.2, 0.25) is 17.7 Å². The number of amides is 4. The van der Waals surface area contributed by atoms with Crippen molar-refractivity contribution in [1.29, 1.82) is 0 Å². The number of phenols is 1. The monoisotopic (exact) mass is 904 g/mol. The van der Waals surface area contributed by atoms with Crippen molar-refractivity contribution in [2.24, 2.45) is 5.41 Å². The molecule has 7 rings (SSSR count). The zero-order valence-electron chi connectivity index (χ0n) is 39.6. The van der Waals surface area contributed by atoms with Gasteiger partial charge in [-0.15, -0.1) is 0 Å². The Morgan fingerprint density at radius 3 is 2.52 bits per heavy atom. The first kappa shape index (κ1) is 47.9. The first-order valence-electron chi connectivity index (χ1n) is 22.6. The molecule has 352 valence electrons. The van der Waals surface area contributed by atoms with E-state index >= 15 is 0 Å². The Hall–Kier alpha value is -6.10. The number of benzene rings is 2. The molecule has 0 unspecified atom stereocenters. The third kappa shape index (κ3) is 10.0. The van der Waals surface area contributed by atoms with Crippen molar-refractivity contribution in [1.82, 2.24) is 40.4 Å². The molecular formula is C50H64N8O8. The van der Waals surface area contributed by atoms with Gasteiger partial charge in [0.1, 0.15) is 29.9 Å². The summed E-state index contributed by atoms with van der Waals surface area (Å²) in [7, 11) is 4.67. The summed E-state index contributed by atoms with van der Waals surface area (Å²) in [6.45, 7) is 16.8. The van der Waals surface area contributed by atoms with Crippen LogP contribution in [0.15, 0.2) is 67.0 Å². The minimum Gasteiger partial charge on any atom is -0.508 e. The maximum atomic E-state index is 14.7. The maximum absolute atomic E-state index is 14.7. The summed E-state index contributed by atoms with van der Waals surface area (Å²) in [6.07, 6.45) is 5.02. The van der Waals surface area contributed by atoms with Gasteiger partial charge in [0.15, 0.2) is 0 Å². The van der Waals surface area contributed by atoms with Gasteiger partial charge in [0.25, 0.3) is 5.91 Å². The van der Waals surface area contributed by atoms with E-state index in [0.717, 1.165) is 38.9 Å². The molecular weight excluding hydrogens is 841 g/mol. The molecule has 16 nitrogen and oxygen atoms in total. The molecule has 0 radical (unpaired) electrons. The number of nitrogens with one attached hydrogen (secondary N) is 3. The molecule has 0 aliphatic carbocycles. The number of likely N-dealkylation sites (N-methyl/N-ethyl adjacent to an activating group) is 2. The molecule has 0 spiro atoms. The molecule has 4 amide bonds. The fourth-order valence-electron chi connectivity index (χ4n) is 9.37. The Morgan fingerprint density at radius 1 is 1.09 bits per heavy atom. The number of hydrazine groups is 1. The quantitative estimate of drug-likeness (QED) is 0.0940. The summed E-state index contributed by atoms with van der Waals surface area (Å²) in [4.78, 5) is 76.7. The van der Waals surface area contributed by atoms with Gasteiger partial charge in [-0.05, 0) is 111 Å². The third-order valence-corrected chi connectivity index (χ3v) is 13.0. The molecule has 16 heteroatoms. The van der Waals surface area contributed by atoms with Crippen molar-refractivity contribution in [3.05, 3.63) is 83.7 Å². The van der Waals surface area contributed by atoms with E-state index < -0.39 is 53.3 Å². The molecule has 4 atom stereocenters. The van der Waals surface area contributed by atoms with E-state index in [9.17, 15) is 29.1 Å². The number of carbonyl (C=O) groups is 5. The van der Waals surface area contributed by atoms with E-state index in [-0.39, 0.29) is 43.3 Å². The summed E-state index contributed by atoms with van der Waals surface area (Å²) in [5, 5.41) is 19.6. The Morgan fingerprint density at radius 2 is 1.83 bits per heavy atom. The normalized spacial score (nSPS) is 20.7. The van der Waals surface area contributed by atoms with Crippen LogP contribution in [0.2, 0.25) is 0 Å². The Bertz CT molecular complexity index is 2570. The van der Waals surface area contributed by atoms with Crippen LogP contribution < -0.4 is 16.1 Å². The van der Waals surface area contributed by atoms with Gasteiger partial charge in [-0.3, -0.25) is 39.3 Å². The van der Waals surface area contributed by atoms with Crippen molar-refractivity contribution in [2.45, 2.75) is 110 Å². The number of aromatic nitrogens is 2. The Balaban J connectivity index is 1.28. The van der Waals surface area contributed by atoms with Gasteiger partial charge >= 0.3 is 5.97 Å². The molecule has 3 aliphatic heterocycles. The second kappa shape index (κ2) is 19.0. The van der Waals surface area contributed by atoms with Crippen molar-refractivity contribution < 1.29 is 38.6 Å². The van der Waals surface area contributed by atoms with E-state index in [1.54, 1.807) is 32.4 Å². The van der Waals surface area contributed by atoms with E-state index in [2.05, 4.69) is 65.1 Å². The number of cyclic esters (lactones) is 1. The van der Waals surface area contributed by atoms with E-state index in [1.807, 2.05) is 38.2 Å². The van der Waals surface area contributed by atoms with Crippen molar-refractivity contribution in [3.8, 4) is 28.1 Å². The van der Waals surface area contributed by atoms with Gasteiger partial charge in [0.05, 0.1) is 25.5 Å². The first-order chi connectivity index (χ1) is 31.2. The summed E-state index contributed by atoms with van der Waals surface area (Å²) in [6, 6.07) is 9.61. The van der Waals surface area contributed by atoms with Crippen LogP contribution in [0.3, 0.4) is 0 Å². The number of phenolic OH excluding ortho intramolecular Hbond substituents is 1. The number of ether oxygens (including phenoxy) is 2. The molecule has 4 N–H and O–H groups in total. The number of hydrogen-bond donors (Lipinski definition) is 4. The second-order valence-corrected chi connectivity index (χ2v) is 19.4. The number of carbonyl (C=O) groups excluding carboxylic acids is 5. The number of nitrogens with zero attached hydrogens (tertiary/aromatic N) is 5. The number of rotatable bonds is 11. The minimum atomic E-state index is -1.22. The number of fused-ring (bicyclic) bond motifs is 6. The highest BCUT2D eigenvalue weighted by molar-refractivity contribution is 5.97. The smallest absolute Gasteiger partial charge is 0.324 e. The molecule has 2 aromatic heterocycles. The van der Waals surface area contributed by atoms with Crippen LogP contribution in [-0.4, -0.2) is 130 Å². The van der Waals surface area contributed by atoms with Gasteiger partial charge in [-0.1, -0.05) is 32.6 Å². The molecule has 66 heavy (non-hydrogen) atoms.